The molecular formula is C32H29ClFN3O4S. The quantitative estimate of drug-likeness (QED) is 0.289. The number of hydrogen-bond acceptors (Lipinski definition) is 4. The van der Waals surface area contributed by atoms with Crippen molar-refractivity contribution in [1.82, 2.24) is 14.5 Å². The molecule has 4 aromatic rings. The zero-order valence-electron chi connectivity index (χ0n) is 22.8. The van der Waals surface area contributed by atoms with Crippen LogP contribution < -0.4 is 5.32 Å². The van der Waals surface area contributed by atoms with Gasteiger partial charge in [0.15, 0.2) is 0 Å². The first-order valence-corrected chi connectivity index (χ1v) is 15.3. The molecule has 0 aromatic heterocycles. The number of piperazine rings is 1. The third-order valence-corrected chi connectivity index (χ3v) is 9.43. The lowest BCUT2D eigenvalue weighted by Crippen LogP contribution is -2.50. The molecule has 0 aliphatic carbocycles. The number of carbonyl (C=O) groups is 2. The molecule has 0 radical (unpaired) electrons. The molecule has 4 aromatic carbocycles. The van der Waals surface area contributed by atoms with Gasteiger partial charge in [0.2, 0.25) is 10.0 Å². The third-order valence-electron chi connectivity index (χ3n) is 7.30. The van der Waals surface area contributed by atoms with Crippen LogP contribution in [0.1, 0.15) is 39.2 Å². The van der Waals surface area contributed by atoms with Gasteiger partial charge in [-0.3, -0.25) is 9.59 Å². The van der Waals surface area contributed by atoms with Crippen LogP contribution in [0, 0.1) is 5.82 Å². The summed E-state index contributed by atoms with van der Waals surface area (Å²) in [6.45, 7) is 2.48. The number of benzene rings is 4. The average Bonchev–Trinajstić information content (AvgIpc) is 3.01. The third kappa shape index (κ3) is 6.38. The second-order valence-electron chi connectivity index (χ2n) is 10.0. The van der Waals surface area contributed by atoms with Crippen LogP contribution in [0.25, 0.3) is 11.1 Å². The summed E-state index contributed by atoms with van der Waals surface area (Å²) in [6, 6.07) is 26.2. The van der Waals surface area contributed by atoms with Gasteiger partial charge in [0.25, 0.3) is 11.8 Å². The van der Waals surface area contributed by atoms with E-state index in [1.807, 2.05) is 31.2 Å². The zero-order valence-corrected chi connectivity index (χ0v) is 24.4. The maximum absolute atomic E-state index is 13.5. The SMILES string of the molecule is CC(NC(=O)c1ccccc1C(=O)N1CCN(S(=O)(=O)c2cccc(Cl)c2)CC1)c1ccc(-c2ccc(F)cc2)cc1. The fourth-order valence-corrected chi connectivity index (χ4v) is 6.63. The molecule has 0 bridgehead atoms. The highest BCUT2D eigenvalue weighted by Gasteiger charge is 2.31. The van der Waals surface area contributed by atoms with Gasteiger partial charge in [-0.05, 0) is 66.1 Å². The molecule has 1 N–H and O–H groups in total. The fraction of sp³-hybridized carbons (Fsp3) is 0.188. The largest absolute Gasteiger partial charge is 0.345 e. The van der Waals surface area contributed by atoms with Crippen molar-refractivity contribution < 1.29 is 22.4 Å². The molecule has 1 saturated heterocycles. The number of nitrogens with zero attached hydrogens (tertiary/aromatic N) is 2. The molecule has 1 fully saturated rings. The van der Waals surface area contributed by atoms with Crippen LogP contribution in [0.3, 0.4) is 0 Å². The average molecular weight is 606 g/mol. The molecule has 5 rings (SSSR count). The van der Waals surface area contributed by atoms with Gasteiger partial charge in [0.1, 0.15) is 5.82 Å². The number of sulfonamides is 1. The first-order valence-electron chi connectivity index (χ1n) is 13.4. The number of amides is 2. The Balaban J connectivity index is 1.24. The normalized spacial score (nSPS) is 14.8. The monoisotopic (exact) mass is 605 g/mol. The Bertz CT molecular complexity index is 1700. The van der Waals surface area contributed by atoms with Gasteiger partial charge in [-0.2, -0.15) is 4.31 Å². The van der Waals surface area contributed by atoms with Crippen LogP contribution in [0.15, 0.2) is 102 Å². The Labute approximate surface area is 249 Å². The molecule has 2 amide bonds. The maximum Gasteiger partial charge on any atom is 0.254 e. The molecule has 10 heteroatoms. The van der Waals surface area contributed by atoms with Crippen LogP contribution in [0.4, 0.5) is 4.39 Å². The lowest BCUT2D eigenvalue weighted by Gasteiger charge is -2.34. The smallest absolute Gasteiger partial charge is 0.254 e. The molecule has 1 aliphatic heterocycles. The maximum atomic E-state index is 13.5. The van der Waals surface area contributed by atoms with E-state index in [-0.39, 0.29) is 60.0 Å². The van der Waals surface area contributed by atoms with Gasteiger partial charge < -0.3 is 10.2 Å². The first kappa shape index (κ1) is 29.4. The van der Waals surface area contributed by atoms with E-state index in [1.54, 1.807) is 53.4 Å². The van der Waals surface area contributed by atoms with Crippen LogP contribution in [-0.2, 0) is 10.0 Å². The molecule has 0 saturated carbocycles. The van der Waals surface area contributed by atoms with Crippen LogP contribution in [-0.4, -0.2) is 55.6 Å². The number of halogens is 2. The van der Waals surface area contributed by atoms with Crippen LogP contribution in [0.5, 0.6) is 0 Å². The van der Waals surface area contributed by atoms with Gasteiger partial charge in [-0.15, -0.1) is 0 Å². The van der Waals surface area contributed by atoms with Crippen LogP contribution in [0.2, 0.25) is 5.02 Å². The second-order valence-corrected chi connectivity index (χ2v) is 12.4. The Hall–Kier alpha value is -4.05. The summed E-state index contributed by atoms with van der Waals surface area (Å²) in [7, 11) is -3.75. The molecule has 0 spiro atoms. The molecule has 7 nitrogen and oxygen atoms in total. The Kier molecular flexibility index (Phi) is 8.72. The van der Waals surface area contributed by atoms with E-state index in [0.29, 0.717) is 5.02 Å². The van der Waals surface area contributed by atoms with Crippen molar-refractivity contribution in [3.8, 4) is 11.1 Å². The molecule has 216 valence electrons. The van der Waals surface area contributed by atoms with Gasteiger partial charge in [0.05, 0.1) is 22.1 Å². The van der Waals surface area contributed by atoms with Crippen molar-refractivity contribution in [2.45, 2.75) is 17.9 Å². The summed E-state index contributed by atoms with van der Waals surface area (Å²) in [6.07, 6.45) is 0. The van der Waals surface area contributed by atoms with E-state index in [0.717, 1.165) is 16.7 Å². The van der Waals surface area contributed by atoms with Crippen molar-refractivity contribution in [3.05, 3.63) is 125 Å². The van der Waals surface area contributed by atoms with E-state index >= 15 is 0 Å². The Morgan fingerprint density at radius 3 is 2.02 bits per heavy atom. The summed E-state index contributed by atoms with van der Waals surface area (Å²) in [5.41, 5.74) is 3.17. The minimum absolute atomic E-state index is 0.107. The molecule has 42 heavy (non-hydrogen) atoms. The molecule has 1 atom stereocenters. The molecule has 1 unspecified atom stereocenters. The minimum atomic E-state index is -3.75. The Morgan fingerprint density at radius 2 is 1.40 bits per heavy atom. The first-order chi connectivity index (χ1) is 20.1. The highest BCUT2D eigenvalue weighted by Crippen LogP contribution is 2.24. The summed E-state index contributed by atoms with van der Waals surface area (Å²) in [5, 5.41) is 3.30. The lowest BCUT2D eigenvalue weighted by molar-refractivity contribution is 0.0692. The number of rotatable bonds is 7. The topological polar surface area (TPSA) is 86.8 Å². The fourth-order valence-electron chi connectivity index (χ4n) is 4.91. The van der Waals surface area contributed by atoms with Crippen molar-refractivity contribution in [1.29, 1.82) is 0 Å². The van der Waals surface area contributed by atoms with Gasteiger partial charge >= 0.3 is 0 Å². The highest BCUT2D eigenvalue weighted by molar-refractivity contribution is 7.89. The lowest BCUT2D eigenvalue weighted by atomic mass is 10.0. The van der Waals surface area contributed by atoms with Gasteiger partial charge in [-0.1, -0.05) is 66.2 Å². The molecule has 1 heterocycles. The summed E-state index contributed by atoms with van der Waals surface area (Å²) in [4.78, 5) is 28.5. The van der Waals surface area contributed by atoms with E-state index in [2.05, 4.69) is 5.32 Å². The van der Waals surface area contributed by atoms with Gasteiger partial charge in [0, 0.05) is 31.2 Å². The number of carbonyl (C=O) groups excluding carboxylic acids is 2. The van der Waals surface area contributed by atoms with E-state index in [9.17, 15) is 22.4 Å². The number of nitrogens with one attached hydrogen (secondary N) is 1. The Morgan fingerprint density at radius 1 is 0.810 bits per heavy atom. The van der Waals surface area contributed by atoms with Crippen molar-refractivity contribution >= 4 is 33.4 Å². The van der Waals surface area contributed by atoms with Crippen molar-refractivity contribution in [2.24, 2.45) is 0 Å². The van der Waals surface area contributed by atoms with Crippen molar-refractivity contribution in [3.63, 3.8) is 0 Å². The highest BCUT2D eigenvalue weighted by atomic mass is 35.5. The standard InChI is InChI=1S/C32H29ClFN3O4S/c1-22(23-9-11-24(12-10-23)25-13-15-27(34)16-14-25)35-31(38)29-7-2-3-8-30(29)32(39)36-17-19-37(20-18-36)42(40,41)28-6-4-5-26(33)21-28/h2-16,21-22H,17-20H2,1H3,(H,35,38). The second kappa shape index (κ2) is 12.4. The minimum Gasteiger partial charge on any atom is -0.345 e. The predicted molar refractivity (Wildman–Crippen MR) is 160 cm³/mol. The van der Waals surface area contributed by atoms with E-state index in [1.165, 1.54) is 28.6 Å². The van der Waals surface area contributed by atoms with E-state index in [4.69, 9.17) is 11.6 Å². The summed E-state index contributed by atoms with van der Waals surface area (Å²) < 4.78 is 40.7. The van der Waals surface area contributed by atoms with E-state index < -0.39 is 15.9 Å². The molecule has 1 aliphatic rings. The predicted octanol–water partition coefficient (Wildman–Crippen LogP) is 5.78. The summed E-state index contributed by atoms with van der Waals surface area (Å²) in [5.74, 6) is -1.03. The summed E-state index contributed by atoms with van der Waals surface area (Å²) >= 11 is 5.98. The zero-order chi connectivity index (χ0) is 29.9. The van der Waals surface area contributed by atoms with Crippen LogP contribution >= 0.6 is 11.6 Å². The molecular weight excluding hydrogens is 577 g/mol. The number of hydrogen-bond donors (Lipinski definition) is 1. The van der Waals surface area contributed by atoms with Crippen molar-refractivity contribution in [2.75, 3.05) is 26.2 Å². The van der Waals surface area contributed by atoms with Gasteiger partial charge in [-0.25, -0.2) is 12.8 Å².